The summed E-state index contributed by atoms with van der Waals surface area (Å²) in [6.07, 6.45) is 9.20. The van der Waals surface area contributed by atoms with Crippen LogP contribution < -0.4 is 5.32 Å². The van der Waals surface area contributed by atoms with Gasteiger partial charge in [0.1, 0.15) is 0 Å². The number of rotatable bonds is 6. The summed E-state index contributed by atoms with van der Waals surface area (Å²) in [6, 6.07) is 2.53. The van der Waals surface area contributed by atoms with Crippen LogP contribution in [0.1, 0.15) is 43.6 Å². The summed E-state index contributed by atoms with van der Waals surface area (Å²) in [5.74, 6) is 2.68. The molecule has 0 fully saturated rings. The maximum Gasteiger partial charge on any atom is 0.0625 e. The number of hydrogen-bond acceptors (Lipinski definition) is 2. The first-order valence-corrected chi connectivity index (χ1v) is 5.86. The van der Waals surface area contributed by atoms with E-state index in [1.54, 1.807) is 0 Å². The molecule has 0 amide bonds. The summed E-state index contributed by atoms with van der Waals surface area (Å²) < 4.78 is 1.97. The van der Waals surface area contributed by atoms with E-state index in [2.05, 4.69) is 29.3 Å². The number of aryl methyl sites for hydroxylation is 2. The quantitative estimate of drug-likeness (QED) is 0.586. The summed E-state index contributed by atoms with van der Waals surface area (Å²) in [5.41, 5.74) is 2.39. The zero-order chi connectivity index (χ0) is 12.0. The van der Waals surface area contributed by atoms with E-state index >= 15 is 0 Å². The van der Waals surface area contributed by atoms with E-state index in [4.69, 9.17) is 6.42 Å². The van der Waals surface area contributed by atoms with Crippen molar-refractivity contribution in [1.29, 1.82) is 0 Å². The molecule has 1 heterocycles. The van der Waals surface area contributed by atoms with Gasteiger partial charge in [0, 0.05) is 19.5 Å². The van der Waals surface area contributed by atoms with Crippen LogP contribution in [0.3, 0.4) is 0 Å². The SMILES string of the molecule is C#CCCCC(NC)c1cc(CC)nn1C. The Kier molecular flexibility index (Phi) is 5.07. The molecule has 0 aliphatic heterocycles. The highest BCUT2D eigenvalue weighted by Gasteiger charge is 2.14. The molecule has 1 N–H and O–H groups in total. The number of unbranched alkanes of at least 4 members (excludes halogenated alkanes) is 1. The van der Waals surface area contributed by atoms with Crippen molar-refractivity contribution >= 4 is 0 Å². The lowest BCUT2D eigenvalue weighted by atomic mass is 10.1. The molecule has 3 heteroatoms. The summed E-state index contributed by atoms with van der Waals surface area (Å²) in [7, 11) is 3.99. The Morgan fingerprint density at radius 1 is 1.62 bits per heavy atom. The topological polar surface area (TPSA) is 29.9 Å². The van der Waals surface area contributed by atoms with Crippen molar-refractivity contribution in [3.8, 4) is 12.3 Å². The molecular formula is C13H21N3. The maximum atomic E-state index is 5.26. The zero-order valence-corrected chi connectivity index (χ0v) is 10.5. The van der Waals surface area contributed by atoms with Gasteiger partial charge in [0.25, 0.3) is 0 Å². The second-order valence-corrected chi connectivity index (χ2v) is 3.98. The minimum Gasteiger partial charge on any atom is -0.312 e. The first-order chi connectivity index (χ1) is 7.72. The maximum absolute atomic E-state index is 5.26. The predicted octanol–water partition coefficient (Wildman–Crippen LogP) is 2.05. The Labute approximate surface area is 98.2 Å². The molecular weight excluding hydrogens is 198 g/mol. The molecule has 1 unspecified atom stereocenters. The van der Waals surface area contributed by atoms with E-state index in [-0.39, 0.29) is 0 Å². The first-order valence-electron chi connectivity index (χ1n) is 5.86. The van der Waals surface area contributed by atoms with Crippen LogP contribution in [-0.4, -0.2) is 16.8 Å². The Morgan fingerprint density at radius 3 is 2.88 bits per heavy atom. The number of aromatic nitrogens is 2. The average molecular weight is 219 g/mol. The van der Waals surface area contributed by atoms with Crippen LogP contribution in [0.2, 0.25) is 0 Å². The van der Waals surface area contributed by atoms with Gasteiger partial charge in [-0.1, -0.05) is 6.92 Å². The van der Waals surface area contributed by atoms with Crippen molar-refractivity contribution in [2.24, 2.45) is 7.05 Å². The fourth-order valence-electron chi connectivity index (χ4n) is 1.89. The van der Waals surface area contributed by atoms with Gasteiger partial charge in [-0.2, -0.15) is 5.10 Å². The van der Waals surface area contributed by atoms with Gasteiger partial charge >= 0.3 is 0 Å². The number of terminal acetylenes is 1. The minimum atomic E-state index is 0.353. The van der Waals surface area contributed by atoms with Crippen molar-refractivity contribution in [3.63, 3.8) is 0 Å². The monoisotopic (exact) mass is 219 g/mol. The molecule has 0 bridgehead atoms. The van der Waals surface area contributed by atoms with Gasteiger partial charge in [-0.05, 0) is 32.4 Å². The summed E-state index contributed by atoms with van der Waals surface area (Å²) in [4.78, 5) is 0. The van der Waals surface area contributed by atoms with Gasteiger partial charge in [-0.15, -0.1) is 12.3 Å². The second kappa shape index (κ2) is 6.34. The van der Waals surface area contributed by atoms with Crippen molar-refractivity contribution in [3.05, 3.63) is 17.5 Å². The molecule has 0 aliphatic carbocycles. The first kappa shape index (κ1) is 12.8. The van der Waals surface area contributed by atoms with Gasteiger partial charge in [-0.25, -0.2) is 0 Å². The van der Waals surface area contributed by atoms with Gasteiger partial charge in [-0.3, -0.25) is 4.68 Å². The molecule has 88 valence electrons. The predicted molar refractivity (Wildman–Crippen MR) is 67.1 cm³/mol. The molecule has 1 rings (SSSR count). The highest BCUT2D eigenvalue weighted by Crippen LogP contribution is 2.19. The van der Waals surface area contributed by atoms with E-state index in [1.165, 1.54) is 5.69 Å². The Bertz CT molecular complexity index is 360. The summed E-state index contributed by atoms with van der Waals surface area (Å²) >= 11 is 0. The lowest BCUT2D eigenvalue weighted by Gasteiger charge is -2.15. The third kappa shape index (κ3) is 3.11. The largest absolute Gasteiger partial charge is 0.312 e. The van der Waals surface area contributed by atoms with Gasteiger partial charge < -0.3 is 5.32 Å². The standard InChI is InChI=1S/C13H21N3/c1-5-7-8-9-12(14-3)13-10-11(6-2)15-16(13)4/h1,10,12,14H,6-9H2,2-4H3. The highest BCUT2D eigenvalue weighted by atomic mass is 15.3. The third-order valence-electron chi connectivity index (χ3n) is 2.85. The van der Waals surface area contributed by atoms with Crippen LogP contribution in [0.4, 0.5) is 0 Å². The number of nitrogens with zero attached hydrogens (tertiary/aromatic N) is 2. The summed E-state index contributed by atoms with van der Waals surface area (Å²) in [6.45, 7) is 2.12. The molecule has 3 nitrogen and oxygen atoms in total. The fourth-order valence-corrected chi connectivity index (χ4v) is 1.89. The van der Waals surface area contributed by atoms with Crippen LogP contribution in [0.15, 0.2) is 6.07 Å². The Hall–Kier alpha value is -1.27. The van der Waals surface area contributed by atoms with Crippen molar-refractivity contribution in [1.82, 2.24) is 15.1 Å². The van der Waals surface area contributed by atoms with Crippen molar-refractivity contribution in [2.75, 3.05) is 7.05 Å². The Morgan fingerprint density at radius 2 is 2.38 bits per heavy atom. The second-order valence-electron chi connectivity index (χ2n) is 3.98. The molecule has 1 aromatic heterocycles. The lowest BCUT2D eigenvalue weighted by molar-refractivity contribution is 0.494. The highest BCUT2D eigenvalue weighted by molar-refractivity contribution is 5.14. The van der Waals surface area contributed by atoms with Crippen LogP contribution in [0.5, 0.6) is 0 Å². The molecule has 1 atom stereocenters. The van der Waals surface area contributed by atoms with Crippen molar-refractivity contribution in [2.45, 2.75) is 38.6 Å². The Balaban J connectivity index is 2.70. The number of hydrogen-bond donors (Lipinski definition) is 1. The van der Waals surface area contributed by atoms with E-state index in [9.17, 15) is 0 Å². The minimum absolute atomic E-state index is 0.353. The van der Waals surface area contributed by atoms with Crippen molar-refractivity contribution < 1.29 is 0 Å². The molecule has 0 aliphatic rings. The van der Waals surface area contributed by atoms with Gasteiger partial charge in [0.2, 0.25) is 0 Å². The van der Waals surface area contributed by atoms with Crippen LogP contribution in [-0.2, 0) is 13.5 Å². The normalized spacial score (nSPS) is 12.4. The average Bonchev–Trinajstić information content (AvgIpc) is 2.66. The molecule has 0 radical (unpaired) electrons. The van der Waals surface area contributed by atoms with E-state index in [0.29, 0.717) is 6.04 Å². The van der Waals surface area contributed by atoms with Gasteiger partial charge in [0.05, 0.1) is 11.4 Å². The third-order valence-corrected chi connectivity index (χ3v) is 2.85. The molecule has 16 heavy (non-hydrogen) atoms. The molecule has 0 aromatic carbocycles. The van der Waals surface area contributed by atoms with E-state index in [1.807, 2.05) is 18.8 Å². The fraction of sp³-hybridized carbons (Fsp3) is 0.615. The lowest BCUT2D eigenvalue weighted by Crippen LogP contribution is -2.19. The molecule has 1 aromatic rings. The smallest absolute Gasteiger partial charge is 0.0625 e. The van der Waals surface area contributed by atoms with Crippen LogP contribution in [0, 0.1) is 12.3 Å². The van der Waals surface area contributed by atoms with Crippen LogP contribution >= 0.6 is 0 Å². The van der Waals surface area contributed by atoms with Gasteiger partial charge in [0.15, 0.2) is 0 Å². The summed E-state index contributed by atoms with van der Waals surface area (Å²) in [5, 5.41) is 7.79. The number of nitrogens with one attached hydrogen (secondary N) is 1. The van der Waals surface area contributed by atoms with Crippen LogP contribution in [0.25, 0.3) is 0 Å². The van der Waals surface area contributed by atoms with E-state index < -0.39 is 0 Å². The molecule has 0 saturated carbocycles. The molecule has 0 saturated heterocycles. The zero-order valence-electron chi connectivity index (χ0n) is 10.5. The van der Waals surface area contributed by atoms with E-state index in [0.717, 1.165) is 31.4 Å². The molecule has 0 spiro atoms.